The number of likely N-dealkylation sites (tertiary alicyclic amines) is 1. The van der Waals surface area contributed by atoms with Gasteiger partial charge < -0.3 is 10.0 Å². The topological polar surface area (TPSA) is 57.6 Å². The number of carbonyl (C=O) groups is 2. The predicted octanol–water partition coefficient (Wildman–Crippen LogP) is 2.14. The number of aliphatic carboxylic acids is 1. The van der Waals surface area contributed by atoms with Crippen LogP contribution < -0.4 is 0 Å². The highest BCUT2D eigenvalue weighted by Crippen LogP contribution is 2.35. The molecule has 0 aromatic carbocycles. The van der Waals surface area contributed by atoms with Crippen molar-refractivity contribution < 1.29 is 14.7 Å². The van der Waals surface area contributed by atoms with Crippen LogP contribution in [-0.2, 0) is 9.59 Å². The Kier molecular flexibility index (Phi) is 3.64. The van der Waals surface area contributed by atoms with E-state index in [2.05, 4.69) is 6.92 Å². The molecule has 1 saturated carbocycles. The summed E-state index contributed by atoms with van der Waals surface area (Å²) in [5.74, 6) is 0.626. The summed E-state index contributed by atoms with van der Waals surface area (Å²) in [7, 11) is 0. The van der Waals surface area contributed by atoms with Crippen LogP contribution in [0.25, 0.3) is 0 Å². The normalized spacial score (nSPS) is 36.0. The Morgan fingerprint density at radius 2 is 2.11 bits per heavy atom. The fourth-order valence-electron chi connectivity index (χ4n) is 3.23. The van der Waals surface area contributed by atoms with Crippen LogP contribution in [0.15, 0.2) is 0 Å². The molecule has 102 valence electrons. The maximum Gasteiger partial charge on any atom is 0.311 e. The van der Waals surface area contributed by atoms with Crippen molar-refractivity contribution in [3.63, 3.8) is 0 Å². The molecule has 1 N–H and O–H groups in total. The lowest BCUT2D eigenvalue weighted by atomic mass is 9.90. The van der Waals surface area contributed by atoms with Crippen LogP contribution in [-0.4, -0.2) is 35.0 Å². The summed E-state index contributed by atoms with van der Waals surface area (Å²) in [6.45, 7) is 4.95. The van der Waals surface area contributed by atoms with Gasteiger partial charge in [-0.3, -0.25) is 9.59 Å². The quantitative estimate of drug-likeness (QED) is 0.838. The first-order valence-corrected chi connectivity index (χ1v) is 6.92. The van der Waals surface area contributed by atoms with Crippen molar-refractivity contribution in [3.8, 4) is 0 Å². The van der Waals surface area contributed by atoms with Gasteiger partial charge in [-0.2, -0.15) is 0 Å². The first-order chi connectivity index (χ1) is 8.40. The van der Waals surface area contributed by atoms with Crippen molar-refractivity contribution in [1.29, 1.82) is 0 Å². The average molecular weight is 253 g/mol. The smallest absolute Gasteiger partial charge is 0.311 e. The third-order valence-electron chi connectivity index (χ3n) is 4.61. The number of carbonyl (C=O) groups excluding carboxylic acids is 1. The highest BCUT2D eigenvalue weighted by molar-refractivity contribution is 5.80. The Morgan fingerprint density at radius 1 is 1.39 bits per heavy atom. The minimum Gasteiger partial charge on any atom is -0.481 e. The number of rotatable bonds is 3. The van der Waals surface area contributed by atoms with E-state index in [0.29, 0.717) is 31.8 Å². The van der Waals surface area contributed by atoms with Gasteiger partial charge in [0.15, 0.2) is 0 Å². The van der Waals surface area contributed by atoms with E-state index in [0.717, 1.165) is 18.8 Å². The Hall–Kier alpha value is -1.06. The molecule has 1 aliphatic heterocycles. The van der Waals surface area contributed by atoms with Crippen molar-refractivity contribution in [2.45, 2.75) is 46.0 Å². The second-order valence-electron chi connectivity index (χ2n) is 6.42. The Bertz CT molecular complexity index is 355. The molecule has 4 heteroatoms. The molecule has 1 saturated heterocycles. The first-order valence-electron chi connectivity index (χ1n) is 6.92. The molecular weight excluding hydrogens is 230 g/mol. The van der Waals surface area contributed by atoms with E-state index in [9.17, 15) is 9.59 Å². The molecule has 4 nitrogen and oxygen atoms in total. The molecule has 3 unspecified atom stereocenters. The van der Waals surface area contributed by atoms with Crippen molar-refractivity contribution in [2.75, 3.05) is 13.1 Å². The largest absolute Gasteiger partial charge is 0.481 e. The fourth-order valence-corrected chi connectivity index (χ4v) is 3.23. The fraction of sp³-hybridized carbons (Fsp3) is 0.857. The van der Waals surface area contributed by atoms with Crippen LogP contribution in [0.1, 0.15) is 46.0 Å². The summed E-state index contributed by atoms with van der Waals surface area (Å²) in [5.41, 5.74) is -0.737. The predicted molar refractivity (Wildman–Crippen MR) is 68.1 cm³/mol. The van der Waals surface area contributed by atoms with Crippen molar-refractivity contribution in [3.05, 3.63) is 0 Å². The van der Waals surface area contributed by atoms with E-state index < -0.39 is 11.4 Å². The zero-order chi connectivity index (χ0) is 13.3. The van der Waals surface area contributed by atoms with Gasteiger partial charge in [0.2, 0.25) is 5.91 Å². The molecule has 1 amide bonds. The Labute approximate surface area is 108 Å². The summed E-state index contributed by atoms with van der Waals surface area (Å²) in [4.78, 5) is 25.0. The molecule has 18 heavy (non-hydrogen) atoms. The van der Waals surface area contributed by atoms with Gasteiger partial charge in [-0.15, -0.1) is 0 Å². The van der Waals surface area contributed by atoms with Gasteiger partial charge in [-0.1, -0.05) is 13.3 Å². The van der Waals surface area contributed by atoms with Crippen LogP contribution in [0.3, 0.4) is 0 Å². The van der Waals surface area contributed by atoms with Gasteiger partial charge in [0.1, 0.15) is 0 Å². The second-order valence-corrected chi connectivity index (χ2v) is 6.42. The van der Waals surface area contributed by atoms with Crippen LogP contribution in [0, 0.1) is 17.3 Å². The first kappa shape index (κ1) is 13.4. The van der Waals surface area contributed by atoms with Gasteiger partial charge in [0.25, 0.3) is 0 Å². The van der Waals surface area contributed by atoms with E-state index >= 15 is 0 Å². The lowest BCUT2D eigenvalue weighted by Crippen LogP contribution is -2.35. The third kappa shape index (κ3) is 2.68. The summed E-state index contributed by atoms with van der Waals surface area (Å²) in [5, 5.41) is 9.15. The van der Waals surface area contributed by atoms with E-state index in [4.69, 9.17) is 5.11 Å². The molecule has 0 radical (unpaired) electrons. The van der Waals surface area contributed by atoms with Crippen LogP contribution in [0.2, 0.25) is 0 Å². The molecule has 0 spiro atoms. The van der Waals surface area contributed by atoms with Gasteiger partial charge in [-0.25, -0.2) is 0 Å². The van der Waals surface area contributed by atoms with E-state index in [1.807, 2.05) is 0 Å². The zero-order valence-corrected chi connectivity index (χ0v) is 11.3. The van der Waals surface area contributed by atoms with Gasteiger partial charge in [-0.05, 0) is 38.0 Å². The van der Waals surface area contributed by atoms with Gasteiger partial charge in [0, 0.05) is 19.5 Å². The molecule has 0 aromatic rings. The maximum atomic E-state index is 12.2. The van der Waals surface area contributed by atoms with Crippen LogP contribution in [0.4, 0.5) is 0 Å². The van der Waals surface area contributed by atoms with Gasteiger partial charge >= 0.3 is 5.97 Å². The highest BCUT2D eigenvalue weighted by atomic mass is 16.4. The van der Waals surface area contributed by atoms with Crippen molar-refractivity contribution >= 4 is 11.9 Å². The molecule has 0 bridgehead atoms. The molecule has 2 aliphatic rings. The SMILES string of the molecule is CC1CCC(CC(=O)N2CCC(C)(C(=O)O)C2)C1. The van der Waals surface area contributed by atoms with Crippen molar-refractivity contribution in [1.82, 2.24) is 4.90 Å². The maximum absolute atomic E-state index is 12.2. The lowest BCUT2D eigenvalue weighted by molar-refractivity contribution is -0.147. The average Bonchev–Trinajstić information content (AvgIpc) is 2.86. The monoisotopic (exact) mass is 253 g/mol. The summed E-state index contributed by atoms with van der Waals surface area (Å²) in [6, 6.07) is 0. The molecule has 2 fully saturated rings. The zero-order valence-electron chi connectivity index (χ0n) is 11.3. The molecule has 1 heterocycles. The van der Waals surface area contributed by atoms with Gasteiger partial charge in [0.05, 0.1) is 5.41 Å². The minimum absolute atomic E-state index is 0.152. The highest BCUT2D eigenvalue weighted by Gasteiger charge is 2.42. The number of hydrogen-bond donors (Lipinski definition) is 1. The summed E-state index contributed by atoms with van der Waals surface area (Å²) in [6.07, 6.45) is 4.71. The standard InChI is InChI=1S/C14H23NO3/c1-10-3-4-11(7-10)8-12(16)15-6-5-14(2,9-15)13(17)18/h10-11H,3-9H2,1-2H3,(H,17,18). The number of carboxylic acids is 1. The summed E-state index contributed by atoms with van der Waals surface area (Å²) < 4.78 is 0. The molecular formula is C14H23NO3. The number of carboxylic acid groups (broad SMARTS) is 1. The number of amides is 1. The van der Waals surface area contributed by atoms with Crippen molar-refractivity contribution in [2.24, 2.45) is 17.3 Å². The Balaban J connectivity index is 1.86. The number of hydrogen-bond acceptors (Lipinski definition) is 2. The Morgan fingerprint density at radius 3 is 2.61 bits per heavy atom. The van der Waals surface area contributed by atoms with E-state index in [1.54, 1.807) is 11.8 Å². The summed E-state index contributed by atoms with van der Waals surface area (Å²) >= 11 is 0. The molecule has 3 atom stereocenters. The van der Waals surface area contributed by atoms with Crippen LogP contribution in [0.5, 0.6) is 0 Å². The third-order valence-corrected chi connectivity index (χ3v) is 4.61. The second kappa shape index (κ2) is 4.90. The van der Waals surface area contributed by atoms with Crippen LogP contribution >= 0.6 is 0 Å². The molecule has 2 rings (SSSR count). The van der Waals surface area contributed by atoms with E-state index in [1.165, 1.54) is 6.42 Å². The molecule has 1 aliphatic carbocycles. The number of nitrogens with zero attached hydrogens (tertiary/aromatic N) is 1. The molecule has 0 aromatic heterocycles. The van der Waals surface area contributed by atoms with E-state index in [-0.39, 0.29) is 5.91 Å². The lowest BCUT2D eigenvalue weighted by Gasteiger charge is -2.21. The minimum atomic E-state index is -0.785.